The fourth-order valence-corrected chi connectivity index (χ4v) is 2.24. The molecule has 114 valence electrons. The zero-order valence-electron chi connectivity index (χ0n) is 12.5. The lowest BCUT2D eigenvalue weighted by molar-refractivity contribution is -0.125. The molecular weight excluding hydrogens is 268 g/mol. The number of carbonyl (C=O) groups excluding carboxylic acids is 2. The van der Waals surface area contributed by atoms with E-state index in [4.69, 9.17) is 4.74 Å². The zero-order chi connectivity index (χ0) is 15.2. The topological polar surface area (TPSA) is 67.4 Å². The van der Waals surface area contributed by atoms with Gasteiger partial charge < -0.3 is 15.4 Å². The lowest BCUT2D eigenvalue weighted by Crippen LogP contribution is -2.30. The number of ether oxygens (including phenoxy) is 1. The summed E-state index contributed by atoms with van der Waals surface area (Å²) in [7, 11) is 1.59. The van der Waals surface area contributed by atoms with Gasteiger partial charge in [0, 0.05) is 19.3 Å². The molecule has 0 bridgehead atoms. The second-order valence-electron chi connectivity index (χ2n) is 5.27. The van der Waals surface area contributed by atoms with Crippen LogP contribution in [0.3, 0.4) is 0 Å². The predicted octanol–water partition coefficient (Wildman–Crippen LogP) is 1.59. The van der Waals surface area contributed by atoms with Gasteiger partial charge >= 0.3 is 0 Å². The molecule has 1 saturated carbocycles. The van der Waals surface area contributed by atoms with Gasteiger partial charge in [0.2, 0.25) is 11.8 Å². The molecule has 1 fully saturated rings. The number of anilines is 1. The van der Waals surface area contributed by atoms with Gasteiger partial charge in [-0.1, -0.05) is 19.1 Å². The number of nitrogens with one attached hydrogen (secondary N) is 2. The summed E-state index contributed by atoms with van der Waals surface area (Å²) in [6.45, 7) is 3.06. The Balaban J connectivity index is 1.78. The van der Waals surface area contributed by atoms with Crippen LogP contribution in [-0.4, -0.2) is 32.1 Å². The molecule has 2 rings (SSSR count). The van der Waals surface area contributed by atoms with Crippen molar-refractivity contribution in [1.29, 1.82) is 0 Å². The molecule has 1 aromatic rings. The summed E-state index contributed by atoms with van der Waals surface area (Å²) in [6.07, 6.45) is 1.60. The van der Waals surface area contributed by atoms with E-state index in [1.807, 2.05) is 24.3 Å². The molecule has 0 heterocycles. The van der Waals surface area contributed by atoms with E-state index in [0.717, 1.165) is 12.1 Å². The first kappa shape index (κ1) is 15.5. The molecule has 1 aliphatic rings. The number of benzene rings is 1. The average Bonchev–Trinajstić information content (AvgIpc) is 3.29. The van der Waals surface area contributed by atoms with Crippen molar-refractivity contribution in [3.8, 4) is 0 Å². The smallest absolute Gasteiger partial charge is 0.228 e. The largest absolute Gasteiger partial charge is 0.383 e. The minimum atomic E-state index is -0.210. The Labute approximate surface area is 125 Å². The summed E-state index contributed by atoms with van der Waals surface area (Å²) in [5, 5.41) is 5.63. The highest BCUT2D eigenvalue weighted by atomic mass is 16.5. The third-order valence-electron chi connectivity index (χ3n) is 3.70. The first-order valence-corrected chi connectivity index (χ1v) is 7.32. The number of hydrogen-bond donors (Lipinski definition) is 2. The number of hydrogen-bond acceptors (Lipinski definition) is 3. The standard InChI is InChI=1S/C16H22N2O3/c1-3-11-4-6-12(7-5-11)18-16(20)14-10-13(14)15(19)17-8-9-21-2/h4-7,13-14H,3,8-10H2,1-2H3,(H,17,19)(H,18,20). The second-order valence-corrected chi connectivity index (χ2v) is 5.27. The van der Waals surface area contributed by atoms with Gasteiger partial charge in [0.15, 0.2) is 0 Å². The van der Waals surface area contributed by atoms with E-state index < -0.39 is 0 Å². The van der Waals surface area contributed by atoms with Gasteiger partial charge in [-0.25, -0.2) is 0 Å². The molecule has 0 spiro atoms. The maximum absolute atomic E-state index is 12.1. The van der Waals surface area contributed by atoms with Gasteiger partial charge in [0.1, 0.15) is 0 Å². The van der Waals surface area contributed by atoms with Crippen molar-refractivity contribution in [1.82, 2.24) is 5.32 Å². The number of carbonyl (C=O) groups is 2. The summed E-state index contributed by atoms with van der Waals surface area (Å²) >= 11 is 0. The van der Waals surface area contributed by atoms with Crippen LogP contribution in [-0.2, 0) is 20.7 Å². The van der Waals surface area contributed by atoms with Crippen LogP contribution in [0.25, 0.3) is 0 Å². The Morgan fingerprint density at radius 2 is 1.86 bits per heavy atom. The Morgan fingerprint density at radius 3 is 2.48 bits per heavy atom. The quantitative estimate of drug-likeness (QED) is 0.749. The van der Waals surface area contributed by atoms with E-state index in [1.165, 1.54) is 5.56 Å². The molecule has 1 aliphatic carbocycles. The summed E-state index contributed by atoms with van der Waals surface area (Å²) < 4.78 is 4.87. The van der Waals surface area contributed by atoms with E-state index in [1.54, 1.807) is 7.11 Å². The summed E-state index contributed by atoms with van der Waals surface area (Å²) in [5.74, 6) is -0.546. The third-order valence-corrected chi connectivity index (χ3v) is 3.70. The maximum atomic E-state index is 12.1. The lowest BCUT2D eigenvalue weighted by Gasteiger charge is -2.06. The fraction of sp³-hybridized carbons (Fsp3) is 0.500. The van der Waals surface area contributed by atoms with Crippen LogP contribution >= 0.6 is 0 Å². The van der Waals surface area contributed by atoms with Crippen molar-refractivity contribution in [2.24, 2.45) is 11.8 Å². The monoisotopic (exact) mass is 290 g/mol. The van der Waals surface area contributed by atoms with Crippen molar-refractivity contribution in [2.45, 2.75) is 19.8 Å². The molecule has 1 aromatic carbocycles. The van der Waals surface area contributed by atoms with Crippen molar-refractivity contribution < 1.29 is 14.3 Å². The molecule has 0 saturated heterocycles. The van der Waals surface area contributed by atoms with Crippen molar-refractivity contribution in [2.75, 3.05) is 25.6 Å². The molecule has 0 aromatic heterocycles. The van der Waals surface area contributed by atoms with Crippen molar-refractivity contribution >= 4 is 17.5 Å². The van der Waals surface area contributed by atoms with E-state index in [2.05, 4.69) is 17.6 Å². The van der Waals surface area contributed by atoms with Gasteiger partial charge in [-0.05, 0) is 30.5 Å². The summed E-state index contributed by atoms with van der Waals surface area (Å²) in [5.41, 5.74) is 2.01. The highest BCUT2D eigenvalue weighted by molar-refractivity contribution is 5.99. The Hall–Kier alpha value is -1.88. The van der Waals surface area contributed by atoms with Crippen LogP contribution < -0.4 is 10.6 Å². The average molecular weight is 290 g/mol. The normalized spacial score (nSPS) is 19.9. The van der Waals surface area contributed by atoms with Gasteiger partial charge in [0.25, 0.3) is 0 Å². The number of rotatable bonds is 7. The van der Waals surface area contributed by atoms with E-state index >= 15 is 0 Å². The molecule has 5 heteroatoms. The maximum Gasteiger partial charge on any atom is 0.228 e. The molecular formula is C16H22N2O3. The number of methoxy groups -OCH3 is 1. The van der Waals surface area contributed by atoms with Gasteiger partial charge in [-0.2, -0.15) is 0 Å². The van der Waals surface area contributed by atoms with Crippen molar-refractivity contribution in [3.05, 3.63) is 29.8 Å². The minimum absolute atomic E-state index is 0.0615. The van der Waals surface area contributed by atoms with Crippen LogP contribution in [0.4, 0.5) is 5.69 Å². The third kappa shape index (κ3) is 4.29. The Morgan fingerprint density at radius 1 is 1.19 bits per heavy atom. The van der Waals surface area contributed by atoms with E-state index in [9.17, 15) is 9.59 Å². The molecule has 2 unspecified atom stereocenters. The number of amides is 2. The molecule has 0 aliphatic heterocycles. The predicted molar refractivity (Wildman–Crippen MR) is 80.9 cm³/mol. The van der Waals surface area contributed by atoms with Crippen molar-refractivity contribution in [3.63, 3.8) is 0 Å². The summed E-state index contributed by atoms with van der Waals surface area (Å²) in [4.78, 5) is 23.8. The van der Waals surface area contributed by atoms with Gasteiger partial charge in [0.05, 0.1) is 18.4 Å². The van der Waals surface area contributed by atoms with Gasteiger partial charge in [-0.15, -0.1) is 0 Å². The Kier molecular flexibility index (Phi) is 5.33. The first-order chi connectivity index (χ1) is 10.2. The molecule has 2 N–H and O–H groups in total. The van der Waals surface area contributed by atoms with Crippen LogP contribution in [0.15, 0.2) is 24.3 Å². The zero-order valence-corrected chi connectivity index (χ0v) is 12.5. The molecule has 2 amide bonds. The molecule has 21 heavy (non-hydrogen) atoms. The number of aryl methyl sites for hydroxylation is 1. The lowest BCUT2D eigenvalue weighted by atomic mass is 10.1. The highest BCUT2D eigenvalue weighted by Crippen LogP contribution is 2.39. The highest BCUT2D eigenvalue weighted by Gasteiger charge is 2.47. The molecule has 0 radical (unpaired) electrons. The molecule has 5 nitrogen and oxygen atoms in total. The van der Waals surface area contributed by atoms with E-state index in [0.29, 0.717) is 19.6 Å². The molecule has 2 atom stereocenters. The SMILES string of the molecule is CCc1ccc(NC(=O)C2CC2C(=O)NCCOC)cc1. The van der Waals surface area contributed by atoms with E-state index in [-0.39, 0.29) is 23.7 Å². The fourth-order valence-electron chi connectivity index (χ4n) is 2.24. The first-order valence-electron chi connectivity index (χ1n) is 7.32. The summed E-state index contributed by atoms with van der Waals surface area (Å²) in [6, 6.07) is 7.79. The van der Waals surface area contributed by atoms with Crippen LogP contribution in [0.1, 0.15) is 18.9 Å². The Bertz CT molecular complexity index is 499. The van der Waals surface area contributed by atoms with Crippen LogP contribution in [0.2, 0.25) is 0 Å². The van der Waals surface area contributed by atoms with Gasteiger partial charge in [-0.3, -0.25) is 9.59 Å². The second kappa shape index (κ2) is 7.22. The van der Waals surface area contributed by atoms with Crippen LogP contribution in [0.5, 0.6) is 0 Å². The minimum Gasteiger partial charge on any atom is -0.383 e. The van der Waals surface area contributed by atoms with Crippen LogP contribution in [0, 0.1) is 11.8 Å².